The number of aromatic nitrogens is 6. The predicted molar refractivity (Wildman–Crippen MR) is 565 cm³/mol. The van der Waals surface area contributed by atoms with E-state index in [4.69, 9.17) is 38.6 Å². The van der Waals surface area contributed by atoms with E-state index in [1.807, 2.05) is 0 Å². The molecule has 6 aromatic heterocycles. The molecule has 6 nitrogen and oxygen atoms in total. The summed E-state index contributed by atoms with van der Waals surface area (Å²) < 4.78 is 7.08. The van der Waals surface area contributed by atoms with E-state index in [0.717, 1.165) is 61.1 Å². The van der Waals surface area contributed by atoms with E-state index in [1.54, 1.807) is 0 Å². The molecule has 0 saturated heterocycles. The van der Waals surface area contributed by atoms with Crippen molar-refractivity contribution in [2.75, 3.05) is 0 Å². The van der Waals surface area contributed by atoms with Gasteiger partial charge in [-0.2, -0.15) is 0 Å². The summed E-state index contributed by atoms with van der Waals surface area (Å²) in [6.45, 7) is 0. The van der Waals surface area contributed by atoms with Crippen LogP contribution in [0.3, 0.4) is 0 Å². The molecule has 0 aliphatic heterocycles. The van der Waals surface area contributed by atoms with Crippen molar-refractivity contribution < 1.29 is 0 Å². The minimum atomic E-state index is -2.36. The monoisotopic (exact) mass is 1800 g/mol. The topological polar surface area (TPSA) is 51.9 Å². The van der Waals surface area contributed by atoms with Crippen molar-refractivity contribution >= 4 is 284 Å². The number of pyridine rings is 3. The molecule has 0 bridgehead atoms. The number of para-hydroxylation sites is 6. The molecule has 606 valence electrons. The van der Waals surface area contributed by atoms with Crippen LogP contribution in [-0.4, -0.2) is 43.3 Å². The van der Waals surface area contributed by atoms with Gasteiger partial charge in [-0.3, -0.25) is 8.80 Å². The molecule has 129 heavy (non-hydrogen) atoms. The molecule has 12 heteroatoms. The predicted octanol–water partition coefficient (Wildman–Crippen LogP) is 26.2. The molecule has 27 aromatic rings. The van der Waals surface area contributed by atoms with Gasteiger partial charge in [-0.15, -0.1) is 0 Å². The Morgan fingerprint density at radius 1 is 0.186 bits per heavy atom. The summed E-state index contributed by atoms with van der Waals surface area (Å²) in [5, 5.41) is 36.8. The molecule has 27 rings (SSSR count). The van der Waals surface area contributed by atoms with Crippen molar-refractivity contribution in [1.82, 2.24) is 28.2 Å². The molecule has 0 amide bonds. The second kappa shape index (κ2) is 30.8. The van der Waals surface area contributed by atoms with E-state index in [0.29, 0.717) is 0 Å². The molecule has 0 aliphatic rings. The van der Waals surface area contributed by atoms with Crippen LogP contribution in [0.15, 0.2) is 455 Å². The number of rotatable bonds is 9. The first-order valence-electron chi connectivity index (χ1n) is 43.5. The first-order chi connectivity index (χ1) is 63.6. The SMILES string of the molecule is S=P(c1ccccc1)(c1ccccc1)c1ccc2cc3c(cc2c1)c1ccc2ccccc2c1c1nc2ccccc2n31.S=P(c1ccccc1)(c1ccccc1)c1cccc2cc3c(cc12)c1ccc2ccccc2c1c1nc2ccccc2n31.[Se]=P(c1ccccc1)(c1ccccc1)c1ccc2cc3c(cc2c1)c1ccc2ccccc2c1c1nc2ccccc2n31. The molecule has 6 heterocycles. The second-order valence-electron chi connectivity index (χ2n) is 33.4. The van der Waals surface area contributed by atoms with Gasteiger partial charge in [0.05, 0.1) is 33.1 Å². The average molecular weight is 1800 g/mol. The van der Waals surface area contributed by atoms with Gasteiger partial charge in [-0.1, -0.05) is 272 Å². The number of nitrogens with zero attached hydrogens (tertiary/aromatic N) is 6. The van der Waals surface area contributed by atoms with Crippen LogP contribution in [0.4, 0.5) is 0 Å². The van der Waals surface area contributed by atoms with Gasteiger partial charge in [-0.05, 0) is 135 Å². The van der Waals surface area contributed by atoms with Crippen molar-refractivity contribution in [2.45, 2.75) is 0 Å². The van der Waals surface area contributed by atoms with Gasteiger partial charge in [0.2, 0.25) is 0 Å². The Bertz CT molecular complexity index is 9010. The molecule has 0 aliphatic carbocycles. The second-order valence-corrected chi connectivity index (χ2v) is 48.4. The van der Waals surface area contributed by atoms with Gasteiger partial charge >= 0.3 is 257 Å². The summed E-state index contributed by atoms with van der Waals surface area (Å²) in [5.41, 5.74) is 10.9. The maximum absolute atomic E-state index is 6.83. The van der Waals surface area contributed by atoms with Crippen LogP contribution in [0.2, 0.25) is 0 Å². The van der Waals surface area contributed by atoms with Crippen LogP contribution >= 0.6 is 17.6 Å². The molecule has 0 radical (unpaired) electrons. The van der Waals surface area contributed by atoms with Crippen molar-refractivity contribution in [3.63, 3.8) is 0 Å². The van der Waals surface area contributed by atoms with Crippen LogP contribution in [-0.2, 0) is 23.6 Å². The first kappa shape index (κ1) is 77.2. The normalized spacial score (nSPS) is 12.3. The van der Waals surface area contributed by atoms with Crippen molar-refractivity contribution in [3.8, 4) is 0 Å². The van der Waals surface area contributed by atoms with Crippen LogP contribution in [0.25, 0.3) is 180 Å². The number of hydrogen-bond acceptors (Lipinski definition) is 5. The van der Waals surface area contributed by atoms with E-state index >= 15 is 0 Å². The Morgan fingerprint density at radius 3 is 0.884 bits per heavy atom. The zero-order valence-corrected chi connectivity index (χ0v) is 75.6. The average Bonchev–Trinajstić information content (AvgIpc) is 1.59. The van der Waals surface area contributed by atoms with E-state index in [-0.39, 0.29) is 0 Å². The van der Waals surface area contributed by atoms with Gasteiger partial charge < -0.3 is 0 Å². The Balaban J connectivity index is 0.000000105. The van der Waals surface area contributed by atoms with Crippen molar-refractivity contribution in [2.24, 2.45) is 0 Å². The van der Waals surface area contributed by atoms with Crippen LogP contribution in [0.1, 0.15) is 0 Å². The molecule has 0 saturated carbocycles. The summed E-state index contributed by atoms with van der Waals surface area (Å²) in [6.07, 6.45) is 0. The fourth-order valence-corrected chi connectivity index (χ4v) is 33.1. The summed E-state index contributed by atoms with van der Waals surface area (Å²) in [5.74, 6) is 0. The van der Waals surface area contributed by atoms with E-state index in [1.165, 1.54) is 166 Å². The minimum absolute atomic E-state index is 0.995. The summed E-state index contributed by atoms with van der Waals surface area (Å²) in [7, 11) is 0. The molecular formula is C117H75N6P3S2Se. The van der Waals surface area contributed by atoms with Gasteiger partial charge in [0, 0.05) is 38.9 Å². The molecule has 0 atom stereocenters. The van der Waals surface area contributed by atoms with Gasteiger partial charge in [-0.25, -0.2) is 9.97 Å². The third kappa shape index (κ3) is 12.3. The van der Waals surface area contributed by atoms with Crippen molar-refractivity contribution in [3.05, 3.63) is 455 Å². The Morgan fingerprint density at radius 2 is 0.488 bits per heavy atom. The summed E-state index contributed by atoms with van der Waals surface area (Å²) in [6, 6.07) is 160. The fourth-order valence-electron chi connectivity index (χ4n) is 20.4. The fraction of sp³-hybridized carbons (Fsp3) is 0. The van der Waals surface area contributed by atoms with E-state index in [9.17, 15) is 0 Å². The Labute approximate surface area is 760 Å². The zero-order chi connectivity index (χ0) is 85.6. The van der Waals surface area contributed by atoms with Gasteiger partial charge in [0.25, 0.3) is 0 Å². The quantitative estimate of drug-likeness (QED) is 0.0624. The van der Waals surface area contributed by atoms with Gasteiger partial charge in [0.1, 0.15) is 11.3 Å². The molecular weight excluding hydrogens is 1730 g/mol. The molecule has 21 aromatic carbocycles. The number of hydrogen-bond donors (Lipinski definition) is 0. The molecule has 0 spiro atoms. The Hall–Kier alpha value is -14.2. The Kier molecular flexibility index (Phi) is 18.5. The van der Waals surface area contributed by atoms with Gasteiger partial charge in [0.15, 0.2) is 0 Å². The summed E-state index contributed by atoms with van der Waals surface area (Å²) in [4.78, 5) is 15.6. The third-order valence-electron chi connectivity index (χ3n) is 26.4. The maximum atomic E-state index is 6.83. The first-order valence-corrected chi connectivity index (χ1v) is 53.1. The van der Waals surface area contributed by atoms with Crippen LogP contribution in [0, 0.1) is 0 Å². The number of imidazole rings is 3. The van der Waals surface area contributed by atoms with E-state index in [2.05, 4.69) is 483 Å². The van der Waals surface area contributed by atoms with Crippen LogP contribution < -0.4 is 47.7 Å². The summed E-state index contributed by atoms with van der Waals surface area (Å²) >= 11 is 17.3. The zero-order valence-electron chi connectivity index (χ0n) is 69.6. The third-order valence-corrected chi connectivity index (χ3v) is 43.3. The van der Waals surface area contributed by atoms with Crippen molar-refractivity contribution in [1.29, 1.82) is 0 Å². The standard InChI is InChI=1S/2C39H25N2PS.C39H25N2PSe/c43-42(28-14-3-1-4-15-28,29-16-5-2-6-17-29)37-21-11-13-27-24-36-33(25-32(27)37)31-23-22-26-12-7-8-18-30(26)38(31)39-40-34-19-9-10-20-35(34)41(36)39;2*43-42(29-12-3-1-4-13-29,30-14-5-2-6-15-30)31-21-19-27-25-37-34(24-28(27)23-31)33-22-20-26-11-7-8-16-32(26)38(33)39-40-35-17-9-10-18-36(35)41(37)39/h3*1-25H. The van der Waals surface area contributed by atoms with E-state index < -0.39 is 17.6 Å². The molecule has 0 N–H and O–H groups in total. The molecule has 0 fully saturated rings. The number of benzene rings is 21. The number of fused-ring (bicyclic) bond motifs is 33. The van der Waals surface area contributed by atoms with Crippen LogP contribution in [0.5, 0.6) is 0 Å². The molecule has 0 unspecified atom stereocenters.